The van der Waals surface area contributed by atoms with Crippen LogP contribution in [0.1, 0.15) is 38.5 Å². The maximum absolute atomic E-state index is 11.9. The molecule has 1 aromatic heterocycles. The van der Waals surface area contributed by atoms with Gasteiger partial charge in [-0.05, 0) is 31.0 Å². The molecule has 1 heterocycles. The second-order valence-corrected chi connectivity index (χ2v) is 6.74. The molecule has 0 aliphatic heterocycles. The van der Waals surface area contributed by atoms with Crippen LogP contribution in [0.25, 0.3) is 11.0 Å². The Morgan fingerprint density at radius 1 is 1.07 bits per heavy atom. The van der Waals surface area contributed by atoms with Gasteiger partial charge in [-0.3, -0.25) is 4.79 Å². The second kappa shape index (κ2) is 10.9. The Morgan fingerprint density at radius 3 is 2.59 bits per heavy atom. The van der Waals surface area contributed by atoms with Crippen molar-refractivity contribution in [3.05, 3.63) is 40.8 Å². The summed E-state index contributed by atoms with van der Waals surface area (Å²) in [7, 11) is 0. The van der Waals surface area contributed by atoms with E-state index in [-0.39, 0.29) is 24.9 Å². The van der Waals surface area contributed by atoms with Gasteiger partial charge in [0.15, 0.2) is 6.61 Å². The molecule has 1 amide bonds. The number of hydrogen-bond acceptors (Lipinski definition) is 5. The first kappa shape index (κ1) is 21.3. The van der Waals surface area contributed by atoms with Crippen molar-refractivity contribution >= 4 is 29.3 Å². The monoisotopic (exact) mass is 394 g/mol. The summed E-state index contributed by atoms with van der Waals surface area (Å²) in [5, 5.41) is 7.18. The van der Waals surface area contributed by atoms with Crippen molar-refractivity contribution in [1.29, 1.82) is 0 Å². The summed E-state index contributed by atoms with van der Waals surface area (Å²) >= 11 is 0. The van der Waals surface area contributed by atoms with Gasteiger partial charge in [-0.25, -0.2) is 4.79 Å². The van der Waals surface area contributed by atoms with Gasteiger partial charge < -0.3 is 19.8 Å². The predicted molar refractivity (Wildman–Crippen MR) is 108 cm³/mol. The third-order valence-corrected chi connectivity index (χ3v) is 4.70. The molecule has 0 radical (unpaired) electrons. The molecule has 1 aliphatic rings. The van der Waals surface area contributed by atoms with Crippen LogP contribution < -0.4 is 21.0 Å². The topological polar surface area (TPSA) is 80.6 Å². The van der Waals surface area contributed by atoms with E-state index in [4.69, 9.17) is 9.15 Å². The maximum atomic E-state index is 11.9. The fourth-order valence-electron chi connectivity index (χ4n) is 3.29. The average molecular weight is 395 g/mol. The van der Waals surface area contributed by atoms with Crippen LogP contribution >= 0.6 is 12.4 Å². The first-order chi connectivity index (χ1) is 12.7. The quantitative estimate of drug-likeness (QED) is 0.428. The zero-order valence-corrected chi connectivity index (χ0v) is 16.2. The zero-order valence-electron chi connectivity index (χ0n) is 15.4. The van der Waals surface area contributed by atoms with E-state index in [1.807, 2.05) is 0 Å². The lowest BCUT2D eigenvalue weighted by molar-refractivity contribution is -0.123. The summed E-state index contributed by atoms with van der Waals surface area (Å²) in [5.74, 6) is 0.334. The molecule has 2 aromatic rings. The number of ether oxygens (including phenoxy) is 1. The summed E-state index contributed by atoms with van der Waals surface area (Å²) < 4.78 is 10.6. The highest BCUT2D eigenvalue weighted by atomic mass is 35.5. The summed E-state index contributed by atoms with van der Waals surface area (Å²) in [6.45, 7) is 1.30. The number of halogens is 1. The summed E-state index contributed by atoms with van der Waals surface area (Å²) in [6, 6.07) is 8.82. The molecule has 148 valence electrons. The molecule has 1 saturated carbocycles. The number of carbonyl (C=O) groups excluding carboxylic acids is 1. The highest BCUT2D eigenvalue weighted by Gasteiger charge is 2.11. The van der Waals surface area contributed by atoms with Gasteiger partial charge in [0.2, 0.25) is 0 Å². The minimum Gasteiger partial charge on any atom is -0.484 e. The van der Waals surface area contributed by atoms with Gasteiger partial charge in [0, 0.05) is 36.7 Å². The van der Waals surface area contributed by atoms with Crippen LogP contribution in [0.2, 0.25) is 0 Å². The molecule has 0 spiro atoms. The number of amides is 1. The maximum Gasteiger partial charge on any atom is 0.336 e. The van der Waals surface area contributed by atoms with Crippen molar-refractivity contribution in [3.63, 3.8) is 0 Å². The molecule has 0 atom stereocenters. The second-order valence-electron chi connectivity index (χ2n) is 6.74. The summed E-state index contributed by atoms with van der Waals surface area (Å²) in [4.78, 5) is 23.2. The first-order valence-corrected chi connectivity index (χ1v) is 9.37. The molecule has 1 aromatic carbocycles. The first-order valence-electron chi connectivity index (χ1n) is 9.37. The normalized spacial score (nSPS) is 15.0. The molecule has 2 N–H and O–H groups in total. The molecule has 0 saturated heterocycles. The Kier molecular flexibility index (Phi) is 8.61. The Labute approximate surface area is 165 Å². The lowest BCUT2D eigenvalue weighted by Gasteiger charge is -2.16. The van der Waals surface area contributed by atoms with Crippen LogP contribution in [0, 0.1) is 0 Å². The Morgan fingerprint density at radius 2 is 1.81 bits per heavy atom. The van der Waals surface area contributed by atoms with E-state index in [0.717, 1.165) is 11.9 Å². The number of fused-ring (bicyclic) bond motifs is 1. The molecule has 3 rings (SSSR count). The van der Waals surface area contributed by atoms with Crippen LogP contribution in [0.4, 0.5) is 0 Å². The average Bonchev–Trinajstić information content (AvgIpc) is 2.92. The number of carbonyl (C=O) groups is 1. The molecule has 0 unspecified atom stereocenters. The molecule has 0 bridgehead atoms. The lowest BCUT2D eigenvalue weighted by Crippen LogP contribution is -2.38. The fraction of sp³-hybridized carbons (Fsp3) is 0.500. The number of nitrogens with one attached hydrogen (secondary N) is 2. The van der Waals surface area contributed by atoms with Crippen LogP contribution in [0.3, 0.4) is 0 Å². The van der Waals surface area contributed by atoms with Crippen LogP contribution in [0.15, 0.2) is 39.5 Å². The van der Waals surface area contributed by atoms with E-state index in [0.29, 0.717) is 23.9 Å². The Hall–Kier alpha value is -2.05. The summed E-state index contributed by atoms with van der Waals surface area (Å²) in [5.41, 5.74) is 0.0385. The van der Waals surface area contributed by atoms with Gasteiger partial charge in [0.05, 0.1) is 0 Å². The lowest BCUT2D eigenvalue weighted by atomic mass is 10.1. The van der Waals surface area contributed by atoms with Crippen molar-refractivity contribution in [3.8, 4) is 5.75 Å². The third-order valence-electron chi connectivity index (χ3n) is 4.70. The van der Waals surface area contributed by atoms with Crippen LogP contribution in [-0.2, 0) is 4.79 Å². The van der Waals surface area contributed by atoms with Gasteiger partial charge in [-0.15, -0.1) is 12.4 Å². The molecule has 27 heavy (non-hydrogen) atoms. The largest absolute Gasteiger partial charge is 0.484 e. The standard InChI is InChI=1S/C20H26N2O4.ClH/c23-19(22-12-11-21-16-5-3-1-2-4-6-16)14-25-17-9-7-15-8-10-20(24)26-18(15)13-17;/h7-10,13,16,21H,1-6,11-12,14H2,(H,22,23);1H. The van der Waals surface area contributed by atoms with Gasteiger partial charge in [-0.1, -0.05) is 25.7 Å². The SMILES string of the molecule is Cl.O=C(COc1ccc2ccc(=O)oc2c1)NCCNC1CCCCCC1. The van der Waals surface area contributed by atoms with Crippen molar-refractivity contribution in [1.82, 2.24) is 10.6 Å². The van der Waals surface area contributed by atoms with Gasteiger partial charge >= 0.3 is 5.63 Å². The third kappa shape index (κ3) is 6.88. The van der Waals surface area contributed by atoms with Gasteiger partial charge in [0.1, 0.15) is 11.3 Å². The minimum atomic E-state index is -0.409. The molecule has 1 aliphatic carbocycles. The van der Waals surface area contributed by atoms with Crippen LogP contribution in [-0.4, -0.2) is 31.6 Å². The smallest absolute Gasteiger partial charge is 0.336 e. The van der Waals surface area contributed by atoms with E-state index >= 15 is 0 Å². The molecule has 6 nitrogen and oxygen atoms in total. The van der Waals surface area contributed by atoms with E-state index in [9.17, 15) is 9.59 Å². The fourth-order valence-corrected chi connectivity index (χ4v) is 3.29. The highest BCUT2D eigenvalue weighted by molar-refractivity contribution is 5.85. The van der Waals surface area contributed by atoms with E-state index in [1.165, 1.54) is 44.6 Å². The summed E-state index contributed by atoms with van der Waals surface area (Å²) in [6.07, 6.45) is 7.73. The van der Waals surface area contributed by atoms with Crippen molar-refractivity contribution in [2.45, 2.75) is 44.6 Å². The Bertz CT molecular complexity index is 785. The van der Waals surface area contributed by atoms with E-state index < -0.39 is 5.63 Å². The number of benzene rings is 1. The van der Waals surface area contributed by atoms with Crippen molar-refractivity contribution in [2.24, 2.45) is 0 Å². The van der Waals surface area contributed by atoms with Gasteiger partial charge in [0.25, 0.3) is 5.91 Å². The highest BCUT2D eigenvalue weighted by Crippen LogP contribution is 2.19. The van der Waals surface area contributed by atoms with E-state index in [2.05, 4.69) is 10.6 Å². The number of rotatable bonds is 7. The van der Waals surface area contributed by atoms with Crippen molar-refractivity contribution in [2.75, 3.05) is 19.7 Å². The van der Waals surface area contributed by atoms with Crippen molar-refractivity contribution < 1.29 is 13.9 Å². The predicted octanol–water partition coefficient (Wildman–Crippen LogP) is 3.02. The molecule has 7 heteroatoms. The van der Waals surface area contributed by atoms with Crippen LogP contribution in [0.5, 0.6) is 5.75 Å². The Balaban J connectivity index is 0.00000261. The van der Waals surface area contributed by atoms with E-state index in [1.54, 1.807) is 24.3 Å². The van der Waals surface area contributed by atoms with Gasteiger partial charge in [-0.2, -0.15) is 0 Å². The molecular formula is C20H27ClN2O4. The molecular weight excluding hydrogens is 368 g/mol. The zero-order chi connectivity index (χ0) is 18.2. The number of hydrogen-bond donors (Lipinski definition) is 2. The minimum absolute atomic E-state index is 0. The molecule has 1 fully saturated rings.